The molecule has 0 bridgehead atoms. The predicted octanol–water partition coefficient (Wildman–Crippen LogP) is 1.30. The molecule has 70 valence electrons. The number of halogens is 2. The third-order valence-electron chi connectivity index (χ3n) is 1.60. The molecule has 6 heteroatoms. The van der Waals surface area contributed by atoms with Gasteiger partial charge in [-0.3, -0.25) is 0 Å². The van der Waals surface area contributed by atoms with E-state index in [1.807, 2.05) is 0 Å². The van der Waals surface area contributed by atoms with Crippen molar-refractivity contribution in [2.75, 3.05) is 0 Å². The van der Waals surface area contributed by atoms with Gasteiger partial charge in [0.1, 0.15) is 11.4 Å². The number of hydrogen-bond acceptors (Lipinski definition) is 3. The standard InChI is InChI=1S/C7H8F2N4/c1-2-13-6(7(8)9)5(3-4-10)11-12-13/h7H,2-3H2,1H3. The van der Waals surface area contributed by atoms with Gasteiger partial charge in [-0.25, -0.2) is 13.5 Å². The molecule has 0 aromatic carbocycles. The van der Waals surface area contributed by atoms with E-state index in [-0.39, 0.29) is 17.8 Å². The lowest BCUT2D eigenvalue weighted by molar-refractivity contribution is 0.138. The van der Waals surface area contributed by atoms with Gasteiger partial charge in [0.15, 0.2) is 0 Å². The number of hydrogen-bond donors (Lipinski definition) is 0. The molecule has 0 radical (unpaired) electrons. The van der Waals surface area contributed by atoms with E-state index in [9.17, 15) is 8.78 Å². The number of nitrogens with zero attached hydrogens (tertiary/aromatic N) is 4. The lowest BCUT2D eigenvalue weighted by Gasteiger charge is -2.01. The molecule has 1 heterocycles. The van der Waals surface area contributed by atoms with Gasteiger partial charge in [0.05, 0.1) is 12.5 Å². The molecule has 0 unspecified atom stereocenters. The molecule has 1 aromatic rings. The maximum Gasteiger partial charge on any atom is 0.281 e. The number of nitriles is 1. The first-order valence-electron chi connectivity index (χ1n) is 3.78. The number of aryl methyl sites for hydroxylation is 1. The van der Waals surface area contributed by atoms with Crippen molar-refractivity contribution in [1.29, 1.82) is 5.26 Å². The van der Waals surface area contributed by atoms with Crippen LogP contribution in [0.25, 0.3) is 0 Å². The fourth-order valence-electron chi connectivity index (χ4n) is 1.03. The zero-order valence-electron chi connectivity index (χ0n) is 7.04. The molecule has 1 rings (SSSR count). The Morgan fingerprint density at radius 2 is 2.31 bits per heavy atom. The molecule has 0 saturated heterocycles. The summed E-state index contributed by atoms with van der Waals surface area (Å²) in [6.45, 7) is 2.02. The molecule has 0 aliphatic heterocycles. The Bertz CT molecular complexity index is 326. The van der Waals surface area contributed by atoms with Crippen LogP contribution in [-0.4, -0.2) is 15.0 Å². The van der Waals surface area contributed by atoms with Gasteiger partial charge in [-0.2, -0.15) is 5.26 Å². The van der Waals surface area contributed by atoms with Crippen molar-refractivity contribution >= 4 is 0 Å². The van der Waals surface area contributed by atoms with Gasteiger partial charge in [0.25, 0.3) is 6.43 Å². The topological polar surface area (TPSA) is 54.5 Å². The van der Waals surface area contributed by atoms with Crippen molar-refractivity contribution in [3.63, 3.8) is 0 Å². The SMILES string of the molecule is CCn1nnc(CC#N)c1C(F)F. The van der Waals surface area contributed by atoms with E-state index in [4.69, 9.17) is 5.26 Å². The lowest BCUT2D eigenvalue weighted by Crippen LogP contribution is -2.04. The first kappa shape index (κ1) is 9.58. The average molecular weight is 186 g/mol. The van der Waals surface area contributed by atoms with Gasteiger partial charge >= 0.3 is 0 Å². The van der Waals surface area contributed by atoms with Crippen LogP contribution in [-0.2, 0) is 13.0 Å². The van der Waals surface area contributed by atoms with Crippen LogP contribution in [0.4, 0.5) is 8.78 Å². The fraction of sp³-hybridized carbons (Fsp3) is 0.571. The summed E-state index contributed by atoms with van der Waals surface area (Å²) in [5.41, 5.74) is -0.177. The van der Waals surface area contributed by atoms with Crippen LogP contribution >= 0.6 is 0 Å². The molecule has 0 spiro atoms. The van der Waals surface area contributed by atoms with E-state index in [1.165, 1.54) is 0 Å². The van der Waals surface area contributed by atoms with Gasteiger partial charge in [-0.05, 0) is 6.92 Å². The Morgan fingerprint density at radius 3 is 2.77 bits per heavy atom. The Labute approximate surface area is 73.8 Å². The highest BCUT2D eigenvalue weighted by Crippen LogP contribution is 2.21. The Balaban J connectivity index is 3.08. The summed E-state index contributed by atoms with van der Waals surface area (Å²) in [5, 5.41) is 15.4. The summed E-state index contributed by atoms with van der Waals surface area (Å²) in [7, 11) is 0. The second-order valence-corrected chi connectivity index (χ2v) is 2.37. The summed E-state index contributed by atoms with van der Waals surface area (Å²) >= 11 is 0. The monoisotopic (exact) mass is 186 g/mol. The summed E-state index contributed by atoms with van der Waals surface area (Å²) in [5.74, 6) is 0. The number of rotatable bonds is 3. The minimum atomic E-state index is -2.63. The largest absolute Gasteiger partial charge is 0.281 e. The third-order valence-corrected chi connectivity index (χ3v) is 1.60. The van der Waals surface area contributed by atoms with Crippen LogP contribution in [0.5, 0.6) is 0 Å². The van der Waals surface area contributed by atoms with Crippen molar-refractivity contribution in [1.82, 2.24) is 15.0 Å². The molecule has 0 saturated carbocycles. The van der Waals surface area contributed by atoms with E-state index in [2.05, 4.69) is 10.3 Å². The molecule has 0 N–H and O–H groups in total. The second kappa shape index (κ2) is 3.94. The van der Waals surface area contributed by atoms with E-state index in [1.54, 1.807) is 13.0 Å². The maximum atomic E-state index is 12.4. The Kier molecular flexibility index (Phi) is 2.90. The van der Waals surface area contributed by atoms with Crippen LogP contribution < -0.4 is 0 Å². The van der Waals surface area contributed by atoms with E-state index in [0.29, 0.717) is 6.54 Å². The highest BCUT2D eigenvalue weighted by atomic mass is 19.3. The summed E-state index contributed by atoms with van der Waals surface area (Å²) < 4.78 is 26.0. The van der Waals surface area contributed by atoms with Gasteiger partial charge in [-0.15, -0.1) is 5.10 Å². The van der Waals surface area contributed by atoms with E-state index in [0.717, 1.165) is 4.68 Å². The van der Waals surface area contributed by atoms with Gasteiger partial charge in [0.2, 0.25) is 0 Å². The lowest BCUT2D eigenvalue weighted by atomic mass is 10.2. The quantitative estimate of drug-likeness (QED) is 0.714. The number of aromatic nitrogens is 3. The minimum absolute atomic E-state index is 0.0688. The molecule has 13 heavy (non-hydrogen) atoms. The van der Waals surface area contributed by atoms with Crippen molar-refractivity contribution in [2.24, 2.45) is 0 Å². The fourth-order valence-corrected chi connectivity index (χ4v) is 1.03. The molecule has 0 amide bonds. The van der Waals surface area contributed by atoms with Crippen molar-refractivity contribution in [3.8, 4) is 6.07 Å². The van der Waals surface area contributed by atoms with Gasteiger partial charge in [0, 0.05) is 6.54 Å². The number of alkyl halides is 2. The zero-order valence-corrected chi connectivity index (χ0v) is 7.04. The first-order valence-corrected chi connectivity index (χ1v) is 3.78. The van der Waals surface area contributed by atoms with Crippen molar-refractivity contribution in [3.05, 3.63) is 11.4 Å². The van der Waals surface area contributed by atoms with E-state index >= 15 is 0 Å². The Hall–Kier alpha value is -1.51. The van der Waals surface area contributed by atoms with Crippen LogP contribution in [0, 0.1) is 11.3 Å². The van der Waals surface area contributed by atoms with Crippen LogP contribution in [0.2, 0.25) is 0 Å². The van der Waals surface area contributed by atoms with E-state index < -0.39 is 6.43 Å². The van der Waals surface area contributed by atoms with Crippen LogP contribution in [0.3, 0.4) is 0 Å². The van der Waals surface area contributed by atoms with Crippen molar-refractivity contribution in [2.45, 2.75) is 26.3 Å². The molecular formula is C7H8F2N4. The molecule has 0 aliphatic rings. The highest BCUT2D eigenvalue weighted by molar-refractivity contribution is 5.15. The Morgan fingerprint density at radius 1 is 1.62 bits per heavy atom. The molecule has 1 aromatic heterocycles. The molecule has 4 nitrogen and oxygen atoms in total. The minimum Gasteiger partial charge on any atom is -0.244 e. The second-order valence-electron chi connectivity index (χ2n) is 2.37. The van der Waals surface area contributed by atoms with Gasteiger partial charge in [-0.1, -0.05) is 5.21 Å². The molecule has 0 atom stereocenters. The molecule has 0 aliphatic carbocycles. The molecular weight excluding hydrogens is 178 g/mol. The summed E-state index contributed by atoms with van der Waals surface area (Å²) in [6.07, 6.45) is -2.75. The summed E-state index contributed by atoms with van der Waals surface area (Å²) in [6, 6.07) is 1.77. The predicted molar refractivity (Wildman–Crippen MR) is 40.0 cm³/mol. The summed E-state index contributed by atoms with van der Waals surface area (Å²) in [4.78, 5) is 0. The smallest absolute Gasteiger partial charge is 0.244 e. The third kappa shape index (κ3) is 1.80. The molecule has 0 fully saturated rings. The zero-order chi connectivity index (χ0) is 9.84. The maximum absolute atomic E-state index is 12.4. The van der Waals surface area contributed by atoms with Crippen molar-refractivity contribution < 1.29 is 8.78 Å². The first-order chi connectivity index (χ1) is 6.20. The highest BCUT2D eigenvalue weighted by Gasteiger charge is 2.20. The van der Waals surface area contributed by atoms with Gasteiger partial charge < -0.3 is 0 Å². The van der Waals surface area contributed by atoms with Crippen LogP contribution in [0.15, 0.2) is 0 Å². The normalized spacial score (nSPS) is 10.4. The average Bonchev–Trinajstić information content (AvgIpc) is 2.48. The van der Waals surface area contributed by atoms with Crippen LogP contribution in [0.1, 0.15) is 24.7 Å².